The lowest BCUT2D eigenvalue weighted by molar-refractivity contribution is -0.112. The monoisotopic (exact) mass is 450 g/mol. The fourth-order valence-corrected chi connectivity index (χ4v) is 4.44. The molecule has 1 aliphatic heterocycles. The van der Waals surface area contributed by atoms with Crippen LogP contribution in [0, 0.1) is 5.82 Å². The number of carbonyl (C=O) groups is 2. The van der Waals surface area contributed by atoms with Gasteiger partial charge < -0.3 is 20.0 Å². The molecule has 1 N–H and O–H groups in total. The van der Waals surface area contributed by atoms with Crippen LogP contribution in [0.1, 0.15) is 36.0 Å². The van der Waals surface area contributed by atoms with E-state index < -0.39 is 0 Å². The molecule has 174 valence electrons. The van der Waals surface area contributed by atoms with E-state index in [1.807, 2.05) is 20.2 Å². The molecule has 1 saturated heterocycles. The number of nitrogens with one attached hydrogen (secondary N) is 1. The van der Waals surface area contributed by atoms with Crippen molar-refractivity contribution >= 4 is 28.9 Å². The molecule has 0 saturated carbocycles. The molecule has 4 rings (SSSR count). The van der Waals surface area contributed by atoms with Crippen LogP contribution in [0.25, 0.3) is 0 Å². The summed E-state index contributed by atoms with van der Waals surface area (Å²) in [6.45, 7) is 1.60. The van der Waals surface area contributed by atoms with Crippen molar-refractivity contribution in [2.75, 3.05) is 49.3 Å². The number of anilines is 3. The zero-order chi connectivity index (χ0) is 23.5. The van der Waals surface area contributed by atoms with Crippen LogP contribution >= 0.6 is 0 Å². The van der Waals surface area contributed by atoms with Gasteiger partial charge in [-0.1, -0.05) is 6.08 Å². The maximum Gasteiger partial charge on any atom is 0.258 e. The van der Waals surface area contributed by atoms with Gasteiger partial charge in [0.25, 0.3) is 11.8 Å². The molecule has 1 fully saturated rings. The third-order valence-electron chi connectivity index (χ3n) is 6.58. The lowest BCUT2D eigenvalue weighted by Gasteiger charge is -2.24. The first-order valence-electron chi connectivity index (χ1n) is 11.4. The molecule has 0 radical (unpaired) electrons. The van der Waals surface area contributed by atoms with E-state index in [9.17, 15) is 14.0 Å². The molecule has 1 aliphatic carbocycles. The van der Waals surface area contributed by atoms with E-state index in [0.29, 0.717) is 28.7 Å². The Morgan fingerprint density at radius 1 is 1.09 bits per heavy atom. The normalized spacial score (nSPS) is 17.9. The predicted octanol–water partition coefficient (Wildman–Crippen LogP) is 4.29. The number of hydrogen-bond acceptors (Lipinski definition) is 4. The molecule has 1 heterocycles. The number of allylic oxidation sites excluding steroid dienone is 1. The number of halogens is 1. The first-order valence-corrected chi connectivity index (χ1v) is 11.4. The zero-order valence-electron chi connectivity index (χ0n) is 19.5. The van der Waals surface area contributed by atoms with Gasteiger partial charge >= 0.3 is 0 Å². The first-order chi connectivity index (χ1) is 15.8. The second-order valence-electron chi connectivity index (χ2n) is 9.01. The van der Waals surface area contributed by atoms with Gasteiger partial charge in [-0.3, -0.25) is 9.59 Å². The van der Waals surface area contributed by atoms with Gasteiger partial charge in [-0.25, -0.2) is 4.39 Å². The topological polar surface area (TPSA) is 55.9 Å². The Morgan fingerprint density at radius 2 is 1.85 bits per heavy atom. The molecule has 0 spiro atoms. The van der Waals surface area contributed by atoms with E-state index in [2.05, 4.69) is 15.1 Å². The van der Waals surface area contributed by atoms with Crippen LogP contribution in [-0.2, 0) is 4.79 Å². The fraction of sp³-hybridized carbons (Fsp3) is 0.385. The number of benzene rings is 2. The van der Waals surface area contributed by atoms with Crippen LogP contribution in [0.15, 0.2) is 54.1 Å². The Bertz CT molecular complexity index is 1060. The van der Waals surface area contributed by atoms with E-state index in [1.54, 1.807) is 43.4 Å². The van der Waals surface area contributed by atoms with Gasteiger partial charge in [-0.2, -0.15) is 0 Å². The molecule has 2 aromatic rings. The Morgan fingerprint density at radius 3 is 2.45 bits per heavy atom. The SMILES string of the molecule is CN(C(=O)c1ccc(NC(=O)C2=CCCC2)cc1)c1ccc(N2CCC(N(C)C)C2)c(F)c1. The standard InChI is InChI=1S/C26H31FN4O2/c1-29(2)22-14-15-31(17-22)24-13-12-21(16-23(24)27)30(3)26(33)19-8-10-20(11-9-19)28-25(32)18-6-4-5-7-18/h6,8-13,16,22H,4-5,7,14-15,17H2,1-3H3,(H,28,32). The summed E-state index contributed by atoms with van der Waals surface area (Å²) in [6.07, 6.45) is 5.73. The third kappa shape index (κ3) is 5.09. The van der Waals surface area contributed by atoms with Gasteiger partial charge in [-0.05, 0) is 82.2 Å². The van der Waals surface area contributed by atoms with Crippen LogP contribution in [-0.4, -0.2) is 57.0 Å². The average molecular weight is 451 g/mol. The molecule has 2 aromatic carbocycles. The summed E-state index contributed by atoms with van der Waals surface area (Å²) in [5.74, 6) is -0.660. The quantitative estimate of drug-likeness (QED) is 0.713. The number of rotatable bonds is 6. The van der Waals surface area contributed by atoms with E-state index in [4.69, 9.17) is 0 Å². The molecule has 0 bridgehead atoms. The van der Waals surface area contributed by atoms with Crippen molar-refractivity contribution in [3.63, 3.8) is 0 Å². The minimum Gasteiger partial charge on any atom is -0.368 e. The van der Waals surface area contributed by atoms with Crippen LogP contribution in [0.4, 0.5) is 21.5 Å². The largest absolute Gasteiger partial charge is 0.368 e. The minimum absolute atomic E-state index is 0.0887. The summed E-state index contributed by atoms with van der Waals surface area (Å²) in [6, 6.07) is 12.1. The summed E-state index contributed by atoms with van der Waals surface area (Å²) < 4.78 is 14.9. The molecule has 2 amide bonds. The Balaban J connectivity index is 1.41. The number of carbonyl (C=O) groups excluding carboxylic acids is 2. The molecule has 1 atom stereocenters. The predicted molar refractivity (Wildman–Crippen MR) is 130 cm³/mol. The molecule has 6 nitrogen and oxygen atoms in total. The summed E-state index contributed by atoms with van der Waals surface area (Å²) in [5.41, 5.74) is 2.99. The van der Waals surface area contributed by atoms with Gasteiger partial charge in [0.15, 0.2) is 0 Å². The highest BCUT2D eigenvalue weighted by Gasteiger charge is 2.26. The van der Waals surface area contributed by atoms with Crippen molar-refractivity contribution in [2.45, 2.75) is 31.7 Å². The lowest BCUT2D eigenvalue weighted by atomic mass is 10.1. The summed E-state index contributed by atoms with van der Waals surface area (Å²) in [7, 11) is 5.72. The van der Waals surface area contributed by atoms with Gasteiger partial charge in [0.05, 0.1) is 5.69 Å². The van der Waals surface area contributed by atoms with Gasteiger partial charge in [-0.15, -0.1) is 0 Å². The molecule has 2 aliphatic rings. The van der Waals surface area contributed by atoms with Crippen LogP contribution < -0.4 is 15.1 Å². The highest BCUT2D eigenvalue weighted by Crippen LogP contribution is 2.29. The molecule has 33 heavy (non-hydrogen) atoms. The van der Waals surface area contributed by atoms with Crippen LogP contribution in [0.5, 0.6) is 0 Å². The highest BCUT2D eigenvalue weighted by molar-refractivity contribution is 6.07. The van der Waals surface area contributed by atoms with Gasteiger partial charge in [0.2, 0.25) is 0 Å². The van der Waals surface area contributed by atoms with Crippen LogP contribution in [0.3, 0.4) is 0 Å². The van der Waals surface area contributed by atoms with Crippen molar-refractivity contribution in [3.05, 3.63) is 65.5 Å². The lowest BCUT2D eigenvalue weighted by Crippen LogP contribution is -2.31. The van der Waals surface area contributed by atoms with E-state index in [0.717, 1.165) is 44.3 Å². The van der Waals surface area contributed by atoms with Gasteiger partial charge in [0.1, 0.15) is 5.82 Å². The van der Waals surface area contributed by atoms with E-state index >= 15 is 0 Å². The number of nitrogens with zero attached hydrogens (tertiary/aromatic N) is 3. The maximum atomic E-state index is 14.9. The second-order valence-corrected chi connectivity index (χ2v) is 9.01. The van der Waals surface area contributed by atoms with Crippen molar-refractivity contribution in [1.29, 1.82) is 0 Å². The number of hydrogen-bond donors (Lipinski definition) is 1. The molecular formula is C26H31FN4O2. The van der Waals surface area contributed by atoms with Crippen molar-refractivity contribution in [3.8, 4) is 0 Å². The fourth-order valence-electron chi connectivity index (χ4n) is 4.44. The summed E-state index contributed by atoms with van der Waals surface area (Å²) in [5, 5.41) is 2.87. The molecular weight excluding hydrogens is 419 g/mol. The minimum atomic E-state index is -0.328. The Kier molecular flexibility index (Phi) is 6.79. The molecule has 7 heteroatoms. The summed E-state index contributed by atoms with van der Waals surface area (Å²) in [4.78, 5) is 30.9. The highest BCUT2D eigenvalue weighted by atomic mass is 19.1. The van der Waals surface area contributed by atoms with Crippen molar-refractivity contribution in [2.24, 2.45) is 0 Å². The Hall–Kier alpha value is -3.19. The zero-order valence-corrected chi connectivity index (χ0v) is 19.5. The summed E-state index contributed by atoms with van der Waals surface area (Å²) >= 11 is 0. The third-order valence-corrected chi connectivity index (χ3v) is 6.58. The van der Waals surface area contributed by atoms with Gasteiger partial charge in [0, 0.05) is 48.7 Å². The Labute approximate surface area is 194 Å². The number of amides is 2. The van der Waals surface area contributed by atoms with Crippen LogP contribution in [0.2, 0.25) is 0 Å². The average Bonchev–Trinajstić information content (AvgIpc) is 3.51. The van der Waals surface area contributed by atoms with E-state index in [-0.39, 0.29) is 17.6 Å². The van der Waals surface area contributed by atoms with Crippen molar-refractivity contribution in [1.82, 2.24) is 4.90 Å². The van der Waals surface area contributed by atoms with Crippen molar-refractivity contribution < 1.29 is 14.0 Å². The second kappa shape index (κ2) is 9.75. The smallest absolute Gasteiger partial charge is 0.258 e. The maximum absolute atomic E-state index is 14.9. The van der Waals surface area contributed by atoms with E-state index in [1.165, 1.54) is 11.0 Å². The first kappa shape index (κ1) is 23.0. The molecule has 0 aromatic heterocycles. The molecule has 1 unspecified atom stereocenters. The number of likely N-dealkylation sites (N-methyl/N-ethyl adjacent to an activating group) is 1.